The Balaban J connectivity index is 1.79. The van der Waals surface area contributed by atoms with Crippen molar-refractivity contribution in [2.75, 3.05) is 13.7 Å². The van der Waals surface area contributed by atoms with Crippen molar-refractivity contribution >= 4 is 0 Å². The number of hydrogen-bond donors (Lipinski definition) is 1. The largest absolute Gasteiger partial charge is 0.377 e. The van der Waals surface area contributed by atoms with E-state index in [0.29, 0.717) is 18.2 Å². The van der Waals surface area contributed by atoms with Crippen molar-refractivity contribution in [3.8, 4) is 0 Å². The van der Waals surface area contributed by atoms with Crippen LogP contribution in [0.25, 0.3) is 0 Å². The molecule has 0 saturated heterocycles. The quantitative estimate of drug-likeness (QED) is 0.801. The molecule has 3 nitrogen and oxygen atoms in total. The molecule has 5 atom stereocenters. The first-order valence-corrected chi connectivity index (χ1v) is 7.16. The van der Waals surface area contributed by atoms with Crippen LogP contribution in [0.15, 0.2) is 0 Å². The van der Waals surface area contributed by atoms with Crippen LogP contribution in [0, 0.1) is 5.92 Å². The number of nitrogens with one attached hydrogen (secondary N) is 1. The molecule has 100 valence electrons. The maximum absolute atomic E-state index is 5.66. The minimum atomic E-state index is 0.254. The Hall–Kier alpha value is -0.120. The average molecular weight is 241 g/mol. The van der Waals surface area contributed by atoms with Gasteiger partial charge in [-0.3, -0.25) is 0 Å². The van der Waals surface area contributed by atoms with Crippen molar-refractivity contribution < 1.29 is 9.47 Å². The Bertz CT molecular complexity index is 234. The summed E-state index contributed by atoms with van der Waals surface area (Å²) in [5.41, 5.74) is 0. The number of methoxy groups -OCH3 is 1. The first-order chi connectivity index (χ1) is 8.26. The lowest BCUT2D eigenvalue weighted by atomic mass is 9.80. The maximum atomic E-state index is 5.66. The molecule has 17 heavy (non-hydrogen) atoms. The van der Waals surface area contributed by atoms with E-state index in [1.54, 1.807) is 7.11 Å². The number of rotatable bonds is 5. The highest BCUT2D eigenvalue weighted by atomic mass is 16.5. The molecule has 5 unspecified atom stereocenters. The molecule has 2 saturated carbocycles. The summed E-state index contributed by atoms with van der Waals surface area (Å²) >= 11 is 0. The Kier molecular flexibility index (Phi) is 4.83. The van der Waals surface area contributed by atoms with Gasteiger partial charge in [-0.1, -0.05) is 19.8 Å². The summed E-state index contributed by atoms with van der Waals surface area (Å²) in [5, 5.41) is 3.79. The average Bonchev–Trinajstić information content (AvgIpc) is 2.30. The monoisotopic (exact) mass is 241 g/mol. The van der Waals surface area contributed by atoms with Crippen LogP contribution in [-0.4, -0.2) is 38.0 Å². The lowest BCUT2D eigenvalue weighted by molar-refractivity contribution is -0.134. The van der Waals surface area contributed by atoms with Gasteiger partial charge in [0.1, 0.15) is 0 Å². The van der Waals surface area contributed by atoms with E-state index in [2.05, 4.69) is 19.2 Å². The van der Waals surface area contributed by atoms with Crippen molar-refractivity contribution in [1.29, 1.82) is 0 Å². The van der Waals surface area contributed by atoms with Gasteiger partial charge in [0.2, 0.25) is 0 Å². The third kappa shape index (κ3) is 3.01. The van der Waals surface area contributed by atoms with Gasteiger partial charge in [-0.05, 0) is 32.1 Å². The van der Waals surface area contributed by atoms with Crippen molar-refractivity contribution in [1.82, 2.24) is 5.32 Å². The van der Waals surface area contributed by atoms with Gasteiger partial charge < -0.3 is 14.8 Å². The third-order valence-corrected chi connectivity index (χ3v) is 4.44. The van der Waals surface area contributed by atoms with Gasteiger partial charge in [0, 0.05) is 25.8 Å². The molecule has 0 aromatic carbocycles. The molecule has 2 rings (SSSR count). The van der Waals surface area contributed by atoms with Crippen LogP contribution in [0.2, 0.25) is 0 Å². The molecule has 1 N–H and O–H groups in total. The highest BCUT2D eigenvalue weighted by Crippen LogP contribution is 2.30. The summed E-state index contributed by atoms with van der Waals surface area (Å²) in [7, 11) is 1.80. The molecule has 2 aliphatic carbocycles. The molecule has 0 heterocycles. The smallest absolute Gasteiger partial charge is 0.0986 e. The summed E-state index contributed by atoms with van der Waals surface area (Å²) in [6.07, 6.45) is 7.14. The fraction of sp³-hybridized carbons (Fsp3) is 1.00. The summed E-state index contributed by atoms with van der Waals surface area (Å²) < 4.78 is 11.2. The van der Waals surface area contributed by atoms with Gasteiger partial charge in [0.05, 0.1) is 12.2 Å². The van der Waals surface area contributed by atoms with Gasteiger partial charge in [-0.15, -0.1) is 0 Å². The fourth-order valence-electron chi connectivity index (χ4n) is 3.28. The van der Waals surface area contributed by atoms with E-state index in [4.69, 9.17) is 9.47 Å². The Morgan fingerprint density at radius 1 is 1.18 bits per heavy atom. The highest BCUT2D eigenvalue weighted by Gasteiger charge is 2.43. The lowest BCUT2D eigenvalue weighted by Crippen LogP contribution is -2.62. The second-order valence-electron chi connectivity index (χ2n) is 5.57. The molecule has 0 bridgehead atoms. The van der Waals surface area contributed by atoms with E-state index in [-0.39, 0.29) is 6.10 Å². The highest BCUT2D eigenvalue weighted by molar-refractivity contribution is 4.99. The predicted octanol–water partition coefficient (Wildman–Crippen LogP) is 2.35. The topological polar surface area (TPSA) is 30.5 Å². The number of ether oxygens (including phenoxy) is 2. The Labute approximate surface area is 105 Å². The summed E-state index contributed by atoms with van der Waals surface area (Å²) in [6, 6.07) is 1.19. The first-order valence-electron chi connectivity index (χ1n) is 7.16. The van der Waals surface area contributed by atoms with Crippen LogP contribution in [0.4, 0.5) is 0 Å². The molecule has 0 radical (unpaired) electrons. The van der Waals surface area contributed by atoms with Gasteiger partial charge in [-0.2, -0.15) is 0 Å². The van der Waals surface area contributed by atoms with Gasteiger partial charge in [-0.25, -0.2) is 0 Å². The van der Waals surface area contributed by atoms with Crippen molar-refractivity contribution in [3.05, 3.63) is 0 Å². The molecular formula is C14H27NO2. The lowest BCUT2D eigenvalue weighted by Gasteiger charge is -2.46. The van der Waals surface area contributed by atoms with Crippen LogP contribution >= 0.6 is 0 Å². The van der Waals surface area contributed by atoms with Gasteiger partial charge in [0.15, 0.2) is 0 Å². The minimum Gasteiger partial charge on any atom is -0.377 e. The first kappa shape index (κ1) is 13.3. The van der Waals surface area contributed by atoms with Crippen molar-refractivity contribution in [3.63, 3.8) is 0 Å². The fourth-order valence-corrected chi connectivity index (χ4v) is 3.28. The van der Waals surface area contributed by atoms with E-state index in [1.165, 1.54) is 25.7 Å². The molecule has 3 heteroatoms. The van der Waals surface area contributed by atoms with Crippen LogP contribution < -0.4 is 5.32 Å². The molecule has 0 aromatic rings. The maximum Gasteiger partial charge on any atom is 0.0986 e. The summed E-state index contributed by atoms with van der Waals surface area (Å²) in [6.45, 7) is 5.21. The number of hydrogen-bond acceptors (Lipinski definition) is 3. The predicted molar refractivity (Wildman–Crippen MR) is 69.2 cm³/mol. The van der Waals surface area contributed by atoms with Crippen LogP contribution in [0.3, 0.4) is 0 Å². The molecule has 0 aromatic heterocycles. The molecular weight excluding hydrogens is 214 g/mol. The van der Waals surface area contributed by atoms with Crippen LogP contribution in [-0.2, 0) is 9.47 Å². The van der Waals surface area contributed by atoms with Gasteiger partial charge >= 0.3 is 0 Å². The van der Waals surface area contributed by atoms with Crippen LogP contribution in [0.1, 0.15) is 46.0 Å². The second kappa shape index (κ2) is 6.17. The minimum absolute atomic E-state index is 0.254. The zero-order chi connectivity index (χ0) is 12.3. The third-order valence-electron chi connectivity index (χ3n) is 4.44. The second-order valence-corrected chi connectivity index (χ2v) is 5.57. The SMILES string of the molecule is CCOC1CC(NC2CCCCC2C)C1OC. The van der Waals surface area contributed by atoms with Crippen molar-refractivity contribution in [2.24, 2.45) is 5.92 Å². The zero-order valence-electron chi connectivity index (χ0n) is 11.4. The Morgan fingerprint density at radius 2 is 1.94 bits per heavy atom. The van der Waals surface area contributed by atoms with Gasteiger partial charge in [0.25, 0.3) is 0 Å². The molecule has 0 aliphatic heterocycles. The van der Waals surface area contributed by atoms with Crippen molar-refractivity contribution in [2.45, 2.75) is 70.2 Å². The molecule has 2 aliphatic rings. The van der Waals surface area contributed by atoms with Crippen LogP contribution in [0.5, 0.6) is 0 Å². The summed E-state index contributed by atoms with van der Waals surface area (Å²) in [5.74, 6) is 0.812. The van der Waals surface area contributed by atoms with E-state index in [0.717, 1.165) is 18.9 Å². The van der Waals surface area contributed by atoms with E-state index >= 15 is 0 Å². The van der Waals surface area contributed by atoms with E-state index < -0.39 is 0 Å². The van der Waals surface area contributed by atoms with E-state index in [9.17, 15) is 0 Å². The van der Waals surface area contributed by atoms with E-state index in [1.807, 2.05) is 0 Å². The Morgan fingerprint density at radius 3 is 2.59 bits per heavy atom. The summed E-state index contributed by atoms with van der Waals surface area (Å²) in [4.78, 5) is 0. The molecule has 0 spiro atoms. The normalized spacial score (nSPS) is 42.2. The molecule has 0 amide bonds. The molecule has 2 fully saturated rings. The standard InChI is InChI=1S/C14H27NO2/c1-4-17-13-9-12(14(13)16-3)15-11-8-6-5-7-10(11)2/h10-15H,4-9H2,1-3H3. The zero-order valence-corrected chi connectivity index (χ0v) is 11.4.